The highest BCUT2D eigenvalue weighted by Gasteiger charge is 2.57. The van der Waals surface area contributed by atoms with Crippen LogP contribution in [0.4, 0.5) is 0 Å². The summed E-state index contributed by atoms with van der Waals surface area (Å²) in [5, 5.41) is 0. The van der Waals surface area contributed by atoms with Crippen LogP contribution in [0, 0.1) is 35.5 Å². The maximum atomic E-state index is 2.92. The van der Waals surface area contributed by atoms with Gasteiger partial charge in [0.15, 0.2) is 0 Å². The third-order valence-electron chi connectivity index (χ3n) is 10.1. The molecule has 26 heavy (non-hydrogen) atoms. The minimum Gasteiger partial charge on any atom is -0.0687 e. The van der Waals surface area contributed by atoms with Gasteiger partial charge in [-0.15, -0.1) is 0 Å². The summed E-state index contributed by atoms with van der Waals surface area (Å²) in [5.74, 6) is 6.10. The molecule has 0 nitrogen and oxygen atoms in total. The van der Waals surface area contributed by atoms with Gasteiger partial charge in [0.25, 0.3) is 0 Å². The summed E-state index contributed by atoms with van der Waals surface area (Å²) in [6, 6.07) is 1.65. The van der Waals surface area contributed by atoms with Gasteiger partial charge in [-0.25, -0.2) is 0 Å². The molecule has 1 heteroatoms. The van der Waals surface area contributed by atoms with Gasteiger partial charge in [0.2, 0.25) is 0 Å². The highest BCUT2D eigenvalue weighted by Crippen LogP contribution is 2.63. The maximum absolute atomic E-state index is 2.92. The lowest BCUT2D eigenvalue weighted by Gasteiger charge is -2.47. The number of rotatable bonds is 7. The summed E-state index contributed by atoms with van der Waals surface area (Å²) in [5.41, 5.74) is 2.27. The van der Waals surface area contributed by atoms with Crippen molar-refractivity contribution in [3.05, 3.63) is 0 Å². The van der Waals surface area contributed by atoms with Gasteiger partial charge in [-0.05, 0) is 46.6 Å². The van der Waals surface area contributed by atoms with E-state index in [1.165, 1.54) is 31.2 Å². The van der Waals surface area contributed by atoms with Gasteiger partial charge in [0.05, 0.1) is 8.07 Å². The van der Waals surface area contributed by atoms with Gasteiger partial charge in [0.1, 0.15) is 0 Å². The lowest BCUT2D eigenvalue weighted by molar-refractivity contribution is 0.272. The second-order valence-electron chi connectivity index (χ2n) is 11.2. The monoisotopic (exact) mass is 376 g/mol. The third-order valence-corrected chi connectivity index (χ3v) is 16.5. The van der Waals surface area contributed by atoms with Crippen molar-refractivity contribution < 1.29 is 0 Å². The van der Waals surface area contributed by atoms with Crippen LogP contribution in [-0.2, 0) is 0 Å². The Kier molecular flexibility index (Phi) is 7.01. The van der Waals surface area contributed by atoms with E-state index in [-0.39, 0.29) is 0 Å². The van der Waals surface area contributed by atoms with Crippen LogP contribution in [0.15, 0.2) is 0 Å². The minimum atomic E-state index is -1.25. The molecule has 0 saturated heterocycles. The molecule has 3 fully saturated rings. The zero-order valence-electron chi connectivity index (χ0n) is 18.9. The molecule has 0 amide bonds. The highest BCUT2D eigenvalue weighted by molar-refractivity contribution is 6.81. The predicted molar refractivity (Wildman–Crippen MR) is 119 cm³/mol. The largest absolute Gasteiger partial charge is 0.0687 e. The number of unbranched alkanes of at least 4 members (excludes halogenated alkanes) is 3. The number of hydrogen-bond donors (Lipinski definition) is 0. The number of fused-ring (bicyclic) bond motifs is 1. The average Bonchev–Trinajstić information content (AvgIpc) is 3.15. The average molecular weight is 377 g/mol. The first kappa shape index (κ1) is 20.9. The summed E-state index contributed by atoms with van der Waals surface area (Å²) >= 11 is 0. The van der Waals surface area contributed by atoms with Crippen molar-refractivity contribution in [3.63, 3.8) is 0 Å². The molecule has 8 atom stereocenters. The van der Waals surface area contributed by atoms with Crippen molar-refractivity contribution in [1.82, 2.24) is 0 Å². The molecule has 0 aromatic heterocycles. The smallest absolute Gasteiger partial charge is 0.0575 e. The second-order valence-corrected chi connectivity index (χ2v) is 16.1. The van der Waals surface area contributed by atoms with Crippen molar-refractivity contribution in [2.75, 3.05) is 0 Å². The standard InChI is InChI=1S/C25H48Si/c1-7-8-9-12-17-26(6,25-20(4)18(2)19(3)21(25)5)24-16-15-22-13-10-11-14-23(22)24/h18-25H,7-17H2,1-6H3. The molecule has 3 rings (SSSR count). The Hall–Kier alpha value is 0.217. The summed E-state index contributed by atoms with van der Waals surface area (Å²) < 4.78 is 0. The Morgan fingerprint density at radius 3 is 2.04 bits per heavy atom. The Morgan fingerprint density at radius 1 is 0.731 bits per heavy atom. The van der Waals surface area contributed by atoms with Crippen LogP contribution in [0.2, 0.25) is 23.7 Å². The van der Waals surface area contributed by atoms with Crippen LogP contribution in [0.25, 0.3) is 0 Å². The lowest BCUT2D eigenvalue weighted by Crippen LogP contribution is -2.47. The van der Waals surface area contributed by atoms with E-state index in [4.69, 9.17) is 0 Å². The van der Waals surface area contributed by atoms with E-state index in [1.807, 2.05) is 0 Å². The molecule has 0 heterocycles. The summed E-state index contributed by atoms with van der Waals surface area (Å²) in [4.78, 5) is 0. The lowest BCUT2D eigenvalue weighted by atomic mass is 9.82. The fourth-order valence-electron chi connectivity index (χ4n) is 8.37. The van der Waals surface area contributed by atoms with Gasteiger partial charge in [-0.1, -0.05) is 111 Å². The quantitative estimate of drug-likeness (QED) is 0.308. The molecule has 0 radical (unpaired) electrons. The normalized spacial score (nSPS) is 45.5. The molecular formula is C25H48Si. The molecule has 0 spiro atoms. The summed E-state index contributed by atoms with van der Waals surface area (Å²) in [7, 11) is -1.25. The van der Waals surface area contributed by atoms with E-state index in [2.05, 4.69) is 41.2 Å². The van der Waals surface area contributed by atoms with Gasteiger partial charge in [0, 0.05) is 0 Å². The van der Waals surface area contributed by atoms with Crippen molar-refractivity contribution in [2.24, 2.45) is 35.5 Å². The zero-order chi connectivity index (χ0) is 18.9. The van der Waals surface area contributed by atoms with Crippen molar-refractivity contribution in [2.45, 2.75) is 123 Å². The Morgan fingerprint density at radius 2 is 1.38 bits per heavy atom. The van der Waals surface area contributed by atoms with E-state index >= 15 is 0 Å². The van der Waals surface area contributed by atoms with Crippen LogP contribution in [0.1, 0.15) is 98.8 Å². The van der Waals surface area contributed by atoms with Gasteiger partial charge in [-0.3, -0.25) is 0 Å². The SMILES string of the molecule is CCCCCC[Si](C)(C1CCC2CCCCC21)C1C(C)C(C)C(C)C1C. The van der Waals surface area contributed by atoms with E-state index in [0.717, 1.165) is 41.0 Å². The van der Waals surface area contributed by atoms with E-state index in [0.29, 0.717) is 0 Å². The molecule has 0 aromatic rings. The molecule has 152 valence electrons. The molecular weight excluding hydrogens is 328 g/mol. The van der Waals surface area contributed by atoms with Crippen LogP contribution in [0.5, 0.6) is 0 Å². The Bertz CT molecular complexity index is 431. The molecule has 3 saturated carbocycles. The van der Waals surface area contributed by atoms with Gasteiger partial charge >= 0.3 is 0 Å². The molecule has 0 aliphatic heterocycles. The predicted octanol–water partition coefficient (Wildman–Crippen LogP) is 8.54. The van der Waals surface area contributed by atoms with E-state index < -0.39 is 8.07 Å². The highest BCUT2D eigenvalue weighted by atomic mass is 28.3. The molecule has 3 aliphatic rings. The fourth-order valence-corrected chi connectivity index (χ4v) is 15.8. The Balaban J connectivity index is 1.84. The topological polar surface area (TPSA) is 0 Å². The Labute approximate surface area is 166 Å². The zero-order valence-corrected chi connectivity index (χ0v) is 19.9. The van der Waals surface area contributed by atoms with Gasteiger partial charge in [-0.2, -0.15) is 0 Å². The molecule has 0 bridgehead atoms. The maximum Gasteiger partial charge on any atom is 0.0575 e. The first-order valence-corrected chi connectivity index (χ1v) is 15.3. The van der Waals surface area contributed by atoms with Crippen LogP contribution in [0.3, 0.4) is 0 Å². The van der Waals surface area contributed by atoms with E-state index in [9.17, 15) is 0 Å². The second kappa shape index (κ2) is 8.71. The number of hydrogen-bond acceptors (Lipinski definition) is 0. The first-order valence-electron chi connectivity index (χ1n) is 12.4. The minimum absolute atomic E-state index is 0.945. The molecule has 0 N–H and O–H groups in total. The van der Waals surface area contributed by atoms with Crippen molar-refractivity contribution in [1.29, 1.82) is 0 Å². The van der Waals surface area contributed by atoms with E-state index in [1.54, 1.807) is 44.6 Å². The molecule has 3 aliphatic carbocycles. The molecule has 8 unspecified atom stereocenters. The summed E-state index contributed by atoms with van der Waals surface area (Å²) in [6.45, 7) is 15.7. The van der Waals surface area contributed by atoms with Crippen LogP contribution < -0.4 is 0 Å². The fraction of sp³-hybridized carbons (Fsp3) is 1.00. The van der Waals surface area contributed by atoms with Crippen molar-refractivity contribution >= 4 is 8.07 Å². The summed E-state index contributed by atoms with van der Waals surface area (Å²) in [6.07, 6.45) is 15.3. The van der Waals surface area contributed by atoms with Crippen molar-refractivity contribution in [3.8, 4) is 0 Å². The third kappa shape index (κ3) is 3.72. The first-order chi connectivity index (χ1) is 12.4. The van der Waals surface area contributed by atoms with Crippen LogP contribution >= 0.6 is 0 Å². The molecule has 0 aromatic carbocycles. The van der Waals surface area contributed by atoms with Gasteiger partial charge < -0.3 is 0 Å². The van der Waals surface area contributed by atoms with Crippen LogP contribution in [-0.4, -0.2) is 8.07 Å².